The van der Waals surface area contributed by atoms with Gasteiger partial charge in [0.2, 0.25) is 5.91 Å². The summed E-state index contributed by atoms with van der Waals surface area (Å²) in [6.07, 6.45) is -0.236. The minimum Gasteiger partial charge on any atom is -0.491 e. The third-order valence-corrected chi connectivity index (χ3v) is 7.77. The molecule has 1 aromatic heterocycles. The Morgan fingerprint density at radius 1 is 1.18 bits per heavy atom. The van der Waals surface area contributed by atoms with Crippen LogP contribution in [0, 0.1) is 13.8 Å². The van der Waals surface area contributed by atoms with E-state index in [1.54, 1.807) is 38.1 Å². The Kier molecular flexibility index (Phi) is 6.63. The summed E-state index contributed by atoms with van der Waals surface area (Å²) in [5.41, 5.74) is 3.22. The zero-order chi connectivity index (χ0) is 24.5. The number of nitrogens with zero attached hydrogens (tertiary/aromatic N) is 3. The monoisotopic (exact) mass is 484 g/mol. The van der Waals surface area contributed by atoms with Crippen molar-refractivity contribution in [1.82, 2.24) is 9.78 Å². The summed E-state index contributed by atoms with van der Waals surface area (Å²) in [5.74, 6) is 0.377. The van der Waals surface area contributed by atoms with Crippen molar-refractivity contribution in [2.45, 2.75) is 44.7 Å². The van der Waals surface area contributed by atoms with Crippen molar-refractivity contribution in [1.29, 1.82) is 0 Å². The number of benzene rings is 2. The number of carbonyl (C=O) groups is 1. The largest absolute Gasteiger partial charge is 0.491 e. The maximum Gasteiger partial charge on any atom is 0.268 e. The fourth-order valence-electron chi connectivity index (χ4n) is 4.18. The van der Waals surface area contributed by atoms with Gasteiger partial charge in [-0.05, 0) is 56.2 Å². The van der Waals surface area contributed by atoms with Crippen molar-refractivity contribution in [3.05, 3.63) is 65.5 Å². The Morgan fingerprint density at radius 3 is 2.59 bits per heavy atom. The molecule has 9 nitrogen and oxygen atoms in total. The number of aliphatic hydroxyl groups is 1. The number of hydrogen-bond acceptors (Lipinski definition) is 6. The van der Waals surface area contributed by atoms with E-state index in [4.69, 9.17) is 4.74 Å². The van der Waals surface area contributed by atoms with Gasteiger partial charge in [-0.25, -0.2) is 8.42 Å². The highest BCUT2D eigenvalue weighted by molar-refractivity contribution is 7.93. The van der Waals surface area contributed by atoms with Crippen molar-refractivity contribution in [3.63, 3.8) is 0 Å². The minimum absolute atomic E-state index is 0.000580. The molecule has 1 atom stereocenters. The molecule has 3 aromatic rings. The Balaban J connectivity index is 1.45. The number of aromatic nitrogens is 2. The smallest absolute Gasteiger partial charge is 0.268 e. The fraction of sp³-hybridized carbons (Fsp3) is 0.333. The number of anilines is 2. The first-order valence-corrected chi connectivity index (χ1v) is 12.4. The van der Waals surface area contributed by atoms with Crippen molar-refractivity contribution >= 4 is 27.3 Å². The number of rotatable bonds is 8. The first kappa shape index (κ1) is 23.8. The number of nitrogens with one attached hydrogen (secondary N) is 1. The van der Waals surface area contributed by atoms with Crippen LogP contribution in [-0.2, 0) is 27.8 Å². The van der Waals surface area contributed by atoms with Crippen LogP contribution in [0.15, 0.2) is 53.4 Å². The number of amides is 1. The second-order valence-electron chi connectivity index (χ2n) is 8.31. The average molecular weight is 485 g/mol. The van der Waals surface area contributed by atoms with E-state index in [1.165, 1.54) is 15.9 Å². The van der Waals surface area contributed by atoms with E-state index in [-0.39, 0.29) is 24.0 Å². The van der Waals surface area contributed by atoms with E-state index in [0.29, 0.717) is 41.5 Å². The van der Waals surface area contributed by atoms with Crippen LogP contribution in [0.5, 0.6) is 5.75 Å². The lowest BCUT2D eigenvalue weighted by atomic mass is 10.2. The number of sulfonamides is 1. The number of fused-ring (bicyclic) bond motifs is 1. The van der Waals surface area contributed by atoms with Crippen LogP contribution >= 0.6 is 0 Å². The Labute approximate surface area is 199 Å². The van der Waals surface area contributed by atoms with E-state index in [9.17, 15) is 18.3 Å². The van der Waals surface area contributed by atoms with E-state index in [1.807, 2.05) is 24.3 Å². The second-order valence-corrected chi connectivity index (χ2v) is 10.1. The lowest BCUT2D eigenvalue weighted by Gasteiger charge is -2.20. The van der Waals surface area contributed by atoms with Gasteiger partial charge in [-0.15, -0.1) is 0 Å². The molecule has 0 saturated carbocycles. The molecule has 34 heavy (non-hydrogen) atoms. The van der Waals surface area contributed by atoms with E-state index >= 15 is 0 Å². The molecule has 0 fully saturated rings. The van der Waals surface area contributed by atoms with Crippen molar-refractivity contribution < 1.29 is 23.1 Å². The second kappa shape index (κ2) is 9.47. The summed E-state index contributed by atoms with van der Waals surface area (Å²) in [6, 6.07) is 14.3. The topological polar surface area (TPSA) is 114 Å². The van der Waals surface area contributed by atoms with Crippen molar-refractivity contribution in [3.8, 4) is 5.75 Å². The third kappa shape index (κ3) is 4.78. The summed E-state index contributed by atoms with van der Waals surface area (Å²) < 4.78 is 35.6. The number of carbonyl (C=O) groups excluding carboxylic acids is 1. The van der Waals surface area contributed by atoms with Gasteiger partial charge in [0.25, 0.3) is 10.0 Å². The lowest BCUT2D eigenvalue weighted by Crippen LogP contribution is -2.30. The fourth-order valence-corrected chi connectivity index (χ4v) is 6.06. The lowest BCUT2D eigenvalue weighted by molar-refractivity contribution is -0.114. The third-order valence-electron chi connectivity index (χ3n) is 5.71. The molecule has 10 heteroatoms. The summed E-state index contributed by atoms with van der Waals surface area (Å²) in [5, 5.41) is 17.6. The average Bonchev–Trinajstić information content (AvgIpc) is 3.34. The van der Waals surface area contributed by atoms with Gasteiger partial charge in [0.1, 0.15) is 23.4 Å². The zero-order valence-corrected chi connectivity index (χ0v) is 20.2. The molecule has 4 rings (SSSR count). The molecule has 0 saturated heterocycles. The van der Waals surface area contributed by atoms with Gasteiger partial charge in [0, 0.05) is 19.2 Å². The molecule has 0 spiro atoms. The maximum absolute atomic E-state index is 13.5. The molecular weight excluding hydrogens is 456 g/mol. The van der Waals surface area contributed by atoms with Gasteiger partial charge in [0.15, 0.2) is 0 Å². The molecule has 2 aromatic carbocycles. The van der Waals surface area contributed by atoms with Crippen molar-refractivity contribution in [2.24, 2.45) is 0 Å². The molecule has 2 N–H and O–H groups in total. The summed E-state index contributed by atoms with van der Waals surface area (Å²) >= 11 is 0. The number of ether oxygens (including phenoxy) is 1. The Morgan fingerprint density at radius 2 is 1.88 bits per heavy atom. The first-order chi connectivity index (χ1) is 16.2. The molecule has 180 valence electrons. The molecule has 1 aliphatic heterocycles. The summed E-state index contributed by atoms with van der Waals surface area (Å²) in [4.78, 5) is 11.3. The number of aliphatic hydroxyl groups excluding tert-OH is 1. The number of aryl methyl sites for hydroxylation is 1. The molecule has 0 aliphatic carbocycles. The van der Waals surface area contributed by atoms with E-state index in [2.05, 4.69) is 10.4 Å². The molecule has 0 bridgehead atoms. The molecule has 1 amide bonds. The molecule has 1 unspecified atom stereocenters. The molecule has 1 aliphatic rings. The highest BCUT2D eigenvalue weighted by Gasteiger charge is 2.35. The van der Waals surface area contributed by atoms with Crippen LogP contribution in [0.2, 0.25) is 0 Å². The van der Waals surface area contributed by atoms with E-state index < -0.39 is 16.1 Å². The maximum atomic E-state index is 13.5. The van der Waals surface area contributed by atoms with Gasteiger partial charge in [-0.1, -0.05) is 18.2 Å². The number of hydrogen-bond donors (Lipinski definition) is 2. The van der Waals surface area contributed by atoms with Crippen LogP contribution in [0.3, 0.4) is 0 Å². The standard InChI is InChI=1S/C24H28N4O5S/c1-16-24(34(31,32)28-13-12-19-6-4-5-7-23(19)28)17(2)27(26-16)14-21(30)15-33-22-10-8-20(9-11-22)25-18(3)29/h4-11,21,30H,12-15H2,1-3H3,(H,25,29). The van der Waals surface area contributed by atoms with Crippen LogP contribution in [0.1, 0.15) is 23.9 Å². The van der Waals surface area contributed by atoms with Crippen LogP contribution in [0.25, 0.3) is 0 Å². The van der Waals surface area contributed by atoms with Gasteiger partial charge in [-0.3, -0.25) is 13.8 Å². The van der Waals surface area contributed by atoms with Gasteiger partial charge in [-0.2, -0.15) is 5.10 Å². The Hall–Kier alpha value is -3.37. The number of para-hydroxylation sites is 1. The Bertz CT molecular complexity index is 1300. The predicted octanol–water partition coefficient (Wildman–Crippen LogP) is 2.65. The highest BCUT2D eigenvalue weighted by atomic mass is 32.2. The van der Waals surface area contributed by atoms with Crippen LogP contribution < -0.4 is 14.4 Å². The first-order valence-electron chi connectivity index (χ1n) is 11.0. The highest BCUT2D eigenvalue weighted by Crippen LogP contribution is 2.34. The normalized spacial score (nSPS) is 14.1. The van der Waals surface area contributed by atoms with Crippen LogP contribution in [0.4, 0.5) is 11.4 Å². The zero-order valence-electron chi connectivity index (χ0n) is 19.4. The quantitative estimate of drug-likeness (QED) is 0.508. The SMILES string of the molecule is CC(=O)Nc1ccc(OCC(O)Cn2nc(C)c(S(=O)(=O)N3CCc4ccccc43)c2C)cc1. The van der Waals surface area contributed by atoms with Crippen LogP contribution in [-0.4, -0.2) is 48.5 Å². The van der Waals surface area contributed by atoms with Crippen molar-refractivity contribution in [2.75, 3.05) is 22.8 Å². The van der Waals surface area contributed by atoms with E-state index in [0.717, 1.165) is 5.56 Å². The molecular formula is C24H28N4O5S. The summed E-state index contributed by atoms with van der Waals surface area (Å²) in [7, 11) is -3.79. The minimum atomic E-state index is -3.79. The summed E-state index contributed by atoms with van der Waals surface area (Å²) in [6.45, 7) is 5.27. The molecule has 0 radical (unpaired) electrons. The molecule has 2 heterocycles. The van der Waals surface area contributed by atoms with Gasteiger partial charge < -0.3 is 15.2 Å². The predicted molar refractivity (Wildman–Crippen MR) is 129 cm³/mol. The van der Waals surface area contributed by atoms with Gasteiger partial charge in [0.05, 0.1) is 23.6 Å². The van der Waals surface area contributed by atoms with Gasteiger partial charge >= 0.3 is 0 Å².